The van der Waals surface area contributed by atoms with E-state index in [0.717, 1.165) is 33.3 Å². The zero-order chi connectivity index (χ0) is 18.3. The van der Waals surface area contributed by atoms with E-state index < -0.39 is 6.09 Å². The lowest BCUT2D eigenvalue weighted by molar-refractivity contribution is 0.0996. The van der Waals surface area contributed by atoms with Gasteiger partial charge in [0.1, 0.15) is 5.75 Å². The number of hydrogen-bond acceptors (Lipinski definition) is 3. The van der Waals surface area contributed by atoms with Crippen molar-refractivity contribution in [2.45, 2.75) is 19.9 Å². The van der Waals surface area contributed by atoms with Crippen LogP contribution >= 0.6 is 0 Å². The van der Waals surface area contributed by atoms with Gasteiger partial charge in [0.15, 0.2) is 0 Å². The third-order valence-corrected chi connectivity index (χ3v) is 4.93. The zero-order valence-electron chi connectivity index (χ0n) is 14.7. The van der Waals surface area contributed by atoms with Crippen molar-refractivity contribution in [3.63, 3.8) is 0 Å². The summed E-state index contributed by atoms with van der Waals surface area (Å²) in [5.41, 5.74) is 3.59. The lowest BCUT2D eigenvalue weighted by atomic mass is 9.78. The number of carboxylic acid groups (broad SMARTS) is 1. The molecule has 0 saturated heterocycles. The molecule has 1 unspecified atom stereocenters. The van der Waals surface area contributed by atoms with E-state index in [-0.39, 0.29) is 11.5 Å². The van der Waals surface area contributed by atoms with Gasteiger partial charge in [-0.3, -0.25) is 4.98 Å². The summed E-state index contributed by atoms with van der Waals surface area (Å²) in [6.07, 6.45) is 0.756. The van der Waals surface area contributed by atoms with Crippen molar-refractivity contribution in [1.82, 2.24) is 10.3 Å². The smallest absolute Gasteiger partial charge is 0.405 e. The SMILES string of the molecule is CC1(C)COc2cc(-c3cccc4ncccc34)ccc2C1NC(=O)O. The van der Waals surface area contributed by atoms with Crippen LogP contribution in [-0.2, 0) is 0 Å². The third-order valence-electron chi connectivity index (χ3n) is 4.93. The molecule has 4 rings (SSSR count). The van der Waals surface area contributed by atoms with Crippen LogP contribution in [0.5, 0.6) is 5.75 Å². The second kappa shape index (κ2) is 6.02. The van der Waals surface area contributed by atoms with Gasteiger partial charge in [-0.15, -0.1) is 0 Å². The molecule has 2 heterocycles. The molecular weight excluding hydrogens is 328 g/mol. The molecule has 0 bridgehead atoms. The topological polar surface area (TPSA) is 71.5 Å². The Bertz CT molecular complexity index is 992. The second-order valence-corrected chi connectivity index (χ2v) is 7.29. The number of carbonyl (C=O) groups is 1. The van der Waals surface area contributed by atoms with Gasteiger partial charge in [0.25, 0.3) is 0 Å². The Morgan fingerprint density at radius 1 is 1.23 bits per heavy atom. The molecule has 26 heavy (non-hydrogen) atoms. The molecule has 5 heteroatoms. The molecule has 0 saturated carbocycles. The van der Waals surface area contributed by atoms with E-state index in [0.29, 0.717) is 6.61 Å². The van der Waals surface area contributed by atoms with Crippen molar-refractivity contribution >= 4 is 17.0 Å². The summed E-state index contributed by atoms with van der Waals surface area (Å²) in [5, 5.41) is 12.9. The molecule has 0 fully saturated rings. The monoisotopic (exact) mass is 348 g/mol. The molecule has 5 nitrogen and oxygen atoms in total. The van der Waals surface area contributed by atoms with E-state index in [4.69, 9.17) is 4.74 Å². The van der Waals surface area contributed by atoms with E-state index in [1.54, 1.807) is 6.20 Å². The van der Waals surface area contributed by atoms with Crippen LogP contribution in [0.4, 0.5) is 4.79 Å². The Morgan fingerprint density at radius 2 is 2.08 bits per heavy atom. The molecule has 1 amide bonds. The fourth-order valence-corrected chi connectivity index (χ4v) is 3.59. The highest BCUT2D eigenvalue weighted by atomic mass is 16.5. The molecule has 1 aliphatic rings. The Labute approximate surface area is 151 Å². The molecule has 3 aromatic rings. The lowest BCUT2D eigenvalue weighted by Crippen LogP contribution is -2.43. The number of fused-ring (bicyclic) bond motifs is 2. The van der Waals surface area contributed by atoms with Crippen molar-refractivity contribution < 1.29 is 14.6 Å². The normalized spacial score (nSPS) is 18.0. The molecule has 0 aliphatic carbocycles. The lowest BCUT2D eigenvalue weighted by Gasteiger charge is -2.39. The fourth-order valence-electron chi connectivity index (χ4n) is 3.59. The van der Waals surface area contributed by atoms with Gasteiger partial charge >= 0.3 is 6.09 Å². The number of ether oxygens (including phenoxy) is 1. The quantitative estimate of drug-likeness (QED) is 0.708. The predicted octanol–water partition coefficient (Wildman–Crippen LogP) is 4.63. The largest absolute Gasteiger partial charge is 0.493 e. The number of nitrogens with one attached hydrogen (secondary N) is 1. The highest BCUT2D eigenvalue weighted by Gasteiger charge is 2.38. The molecule has 1 atom stereocenters. The van der Waals surface area contributed by atoms with E-state index in [1.807, 2.05) is 50.2 Å². The molecule has 1 aromatic heterocycles. The molecule has 132 valence electrons. The summed E-state index contributed by atoms with van der Waals surface area (Å²) in [5.74, 6) is 0.724. The van der Waals surface area contributed by atoms with Crippen molar-refractivity contribution in [2.75, 3.05) is 6.61 Å². The molecule has 2 aromatic carbocycles. The highest BCUT2D eigenvalue weighted by Crippen LogP contribution is 2.44. The standard InChI is InChI=1S/C21H20N2O3/c1-21(2)12-26-18-11-13(8-9-16(18)19(21)23-20(24)25)14-5-3-7-17-15(14)6-4-10-22-17/h3-11,19,23H,12H2,1-2H3,(H,24,25). The maximum Gasteiger partial charge on any atom is 0.405 e. The minimum absolute atomic E-state index is 0.313. The average molecular weight is 348 g/mol. The zero-order valence-corrected chi connectivity index (χ0v) is 14.7. The molecule has 2 N–H and O–H groups in total. The average Bonchev–Trinajstić information content (AvgIpc) is 2.63. The van der Waals surface area contributed by atoms with Gasteiger partial charge in [-0.25, -0.2) is 4.79 Å². The first kappa shape index (κ1) is 16.4. The number of pyridine rings is 1. The van der Waals surface area contributed by atoms with Crippen LogP contribution in [0.25, 0.3) is 22.0 Å². The van der Waals surface area contributed by atoms with Gasteiger partial charge in [-0.1, -0.05) is 44.2 Å². The summed E-state index contributed by atoms with van der Waals surface area (Å²) in [4.78, 5) is 15.7. The summed E-state index contributed by atoms with van der Waals surface area (Å²) in [7, 11) is 0. The number of rotatable bonds is 2. The summed E-state index contributed by atoms with van der Waals surface area (Å²) in [6.45, 7) is 4.45. The summed E-state index contributed by atoms with van der Waals surface area (Å²) < 4.78 is 5.98. The number of hydrogen-bond donors (Lipinski definition) is 2. The van der Waals surface area contributed by atoms with Crippen molar-refractivity contribution in [3.05, 3.63) is 60.3 Å². The Balaban J connectivity index is 1.82. The van der Waals surface area contributed by atoms with Crippen LogP contribution < -0.4 is 10.1 Å². The molecule has 0 radical (unpaired) electrons. The van der Waals surface area contributed by atoms with Crippen LogP contribution in [-0.4, -0.2) is 22.8 Å². The van der Waals surface area contributed by atoms with E-state index in [2.05, 4.69) is 22.4 Å². The summed E-state index contributed by atoms with van der Waals surface area (Å²) >= 11 is 0. The maximum atomic E-state index is 11.2. The van der Waals surface area contributed by atoms with Gasteiger partial charge in [-0.2, -0.15) is 0 Å². The van der Waals surface area contributed by atoms with E-state index in [1.165, 1.54) is 0 Å². The van der Waals surface area contributed by atoms with E-state index in [9.17, 15) is 9.90 Å². The third kappa shape index (κ3) is 2.75. The Hall–Kier alpha value is -3.08. The van der Waals surface area contributed by atoms with E-state index >= 15 is 0 Å². The molecule has 0 spiro atoms. The van der Waals surface area contributed by atoms with Gasteiger partial charge in [0, 0.05) is 22.6 Å². The van der Waals surface area contributed by atoms with Crippen LogP contribution in [0.2, 0.25) is 0 Å². The molecule has 1 aliphatic heterocycles. The number of amides is 1. The Morgan fingerprint density at radius 3 is 2.88 bits per heavy atom. The van der Waals surface area contributed by atoms with Crippen LogP contribution in [0, 0.1) is 5.41 Å². The van der Waals surface area contributed by atoms with Gasteiger partial charge in [0.2, 0.25) is 0 Å². The van der Waals surface area contributed by atoms with Gasteiger partial charge < -0.3 is 15.2 Å². The highest BCUT2D eigenvalue weighted by molar-refractivity contribution is 5.94. The van der Waals surface area contributed by atoms with Crippen LogP contribution in [0.1, 0.15) is 25.5 Å². The number of aromatic nitrogens is 1. The van der Waals surface area contributed by atoms with Crippen LogP contribution in [0.3, 0.4) is 0 Å². The van der Waals surface area contributed by atoms with Crippen molar-refractivity contribution in [1.29, 1.82) is 0 Å². The van der Waals surface area contributed by atoms with Gasteiger partial charge in [0.05, 0.1) is 18.2 Å². The van der Waals surface area contributed by atoms with Crippen molar-refractivity contribution in [3.8, 4) is 16.9 Å². The van der Waals surface area contributed by atoms with Crippen molar-refractivity contribution in [2.24, 2.45) is 5.41 Å². The predicted molar refractivity (Wildman–Crippen MR) is 100 cm³/mol. The number of benzene rings is 2. The van der Waals surface area contributed by atoms with Gasteiger partial charge in [-0.05, 0) is 29.3 Å². The fraction of sp³-hybridized carbons (Fsp3) is 0.238. The number of nitrogens with zero attached hydrogens (tertiary/aromatic N) is 1. The maximum absolute atomic E-state index is 11.2. The minimum atomic E-state index is -1.03. The Kier molecular flexibility index (Phi) is 3.80. The first-order chi connectivity index (χ1) is 12.5. The first-order valence-electron chi connectivity index (χ1n) is 8.56. The molecular formula is C21H20N2O3. The second-order valence-electron chi connectivity index (χ2n) is 7.29. The minimum Gasteiger partial charge on any atom is -0.493 e. The summed E-state index contributed by atoms with van der Waals surface area (Å²) in [6, 6.07) is 15.7. The van der Waals surface area contributed by atoms with Crippen LogP contribution in [0.15, 0.2) is 54.7 Å². The first-order valence-corrected chi connectivity index (χ1v) is 8.56.